The Hall–Kier alpha value is -2.89. The number of rotatable bonds is 7. The lowest BCUT2D eigenvalue weighted by molar-refractivity contribution is 0.102. The summed E-state index contributed by atoms with van der Waals surface area (Å²) in [7, 11) is 0. The molecule has 0 spiro atoms. The van der Waals surface area contributed by atoms with Crippen molar-refractivity contribution in [3.63, 3.8) is 0 Å². The molecule has 3 aromatic rings. The number of amides is 1. The normalized spacial score (nSPS) is 13.8. The first-order valence-electron chi connectivity index (χ1n) is 10.4. The zero-order chi connectivity index (χ0) is 20.5. The van der Waals surface area contributed by atoms with Crippen LogP contribution in [0.4, 0.5) is 5.69 Å². The van der Waals surface area contributed by atoms with Gasteiger partial charge in [0.15, 0.2) is 5.65 Å². The Labute approximate surface area is 171 Å². The van der Waals surface area contributed by atoms with Gasteiger partial charge in [0.2, 0.25) is 0 Å². The molecule has 0 aliphatic heterocycles. The highest BCUT2D eigenvalue weighted by molar-refractivity contribution is 6.12. The lowest BCUT2D eigenvalue weighted by Gasteiger charge is -2.13. The average molecular weight is 393 g/mol. The fourth-order valence-electron chi connectivity index (χ4n) is 3.47. The molecule has 29 heavy (non-hydrogen) atoms. The Kier molecular flexibility index (Phi) is 5.26. The second-order valence-electron chi connectivity index (χ2n) is 8.07. The zero-order valence-electron chi connectivity index (χ0n) is 17.5. The Morgan fingerprint density at radius 2 is 2.10 bits per heavy atom. The Morgan fingerprint density at radius 3 is 2.76 bits per heavy atom. The molecule has 1 aromatic carbocycles. The van der Waals surface area contributed by atoms with E-state index in [1.807, 2.05) is 35.9 Å². The molecule has 0 unspecified atom stereocenters. The smallest absolute Gasteiger partial charge is 0.256 e. The number of carbonyl (C=O) groups excluding carboxylic acids is 1. The molecule has 6 heteroatoms. The summed E-state index contributed by atoms with van der Waals surface area (Å²) in [6, 6.07) is 7.88. The minimum absolute atomic E-state index is 0.132. The Bertz CT molecular complexity index is 1050. The number of benzene rings is 1. The maximum Gasteiger partial charge on any atom is 0.256 e. The fourth-order valence-corrected chi connectivity index (χ4v) is 3.47. The maximum atomic E-state index is 13.2. The molecule has 1 fully saturated rings. The molecular formula is C23H28N4O2. The summed E-state index contributed by atoms with van der Waals surface area (Å²) in [6.45, 7) is 8.88. The summed E-state index contributed by atoms with van der Waals surface area (Å²) >= 11 is 0. The molecule has 1 aliphatic rings. The first kappa shape index (κ1) is 19.4. The van der Waals surface area contributed by atoms with Crippen molar-refractivity contribution in [2.24, 2.45) is 0 Å². The van der Waals surface area contributed by atoms with Gasteiger partial charge in [0.1, 0.15) is 5.75 Å². The predicted octanol–water partition coefficient (Wildman–Crippen LogP) is 5.24. The number of fused-ring (bicyclic) bond motifs is 1. The van der Waals surface area contributed by atoms with Crippen LogP contribution < -0.4 is 10.1 Å². The second kappa shape index (κ2) is 7.85. The van der Waals surface area contributed by atoms with Crippen LogP contribution in [0.2, 0.25) is 0 Å². The molecule has 0 bridgehead atoms. The van der Waals surface area contributed by atoms with Gasteiger partial charge in [-0.25, -0.2) is 9.67 Å². The van der Waals surface area contributed by atoms with Crippen LogP contribution in [-0.4, -0.2) is 27.3 Å². The van der Waals surface area contributed by atoms with Crippen molar-refractivity contribution >= 4 is 22.6 Å². The highest BCUT2D eigenvalue weighted by Crippen LogP contribution is 2.40. The SMILES string of the molecule is CCCOc1ccc(NC(=O)c2cc(C3CC3)nc3c2cnn3C(C)C)c(C)c1. The molecule has 2 aromatic heterocycles. The number of nitrogens with zero attached hydrogens (tertiary/aromatic N) is 3. The van der Waals surface area contributed by atoms with Crippen molar-refractivity contribution in [2.75, 3.05) is 11.9 Å². The third kappa shape index (κ3) is 3.97. The number of aromatic nitrogens is 3. The van der Waals surface area contributed by atoms with Crippen LogP contribution in [0.25, 0.3) is 11.0 Å². The van der Waals surface area contributed by atoms with Crippen LogP contribution in [0.1, 0.15) is 73.6 Å². The van der Waals surface area contributed by atoms with Gasteiger partial charge in [0.05, 0.1) is 23.8 Å². The monoisotopic (exact) mass is 392 g/mol. The van der Waals surface area contributed by atoms with Crippen LogP contribution in [0.5, 0.6) is 5.75 Å². The lowest BCUT2D eigenvalue weighted by atomic mass is 10.1. The number of ether oxygens (including phenoxy) is 1. The molecule has 1 aliphatic carbocycles. The lowest BCUT2D eigenvalue weighted by Crippen LogP contribution is -2.14. The van der Waals surface area contributed by atoms with Crippen molar-refractivity contribution in [1.29, 1.82) is 0 Å². The highest BCUT2D eigenvalue weighted by Gasteiger charge is 2.28. The maximum absolute atomic E-state index is 13.2. The predicted molar refractivity (Wildman–Crippen MR) is 115 cm³/mol. The molecule has 4 rings (SSSR count). The second-order valence-corrected chi connectivity index (χ2v) is 8.07. The standard InChI is InChI=1S/C23H28N4O2/c1-5-10-29-17-8-9-20(15(4)11-17)26-23(28)18-12-21(16-6-7-16)25-22-19(18)13-24-27(22)14(2)3/h8-9,11-14,16H,5-7,10H2,1-4H3,(H,26,28). The first-order valence-corrected chi connectivity index (χ1v) is 10.4. The minimum atomic E-state index is -0.132. The number of hydrogen-bond acceptors (Lipinski definition) is 4. The molecular weight excluding hydrogens is 364 g/mol. The van der Waals surface area contributed by atoms with E-state index in [1.165, 1.54) is 0 Å². The van der Waals surface area contributed by atoms with Gasteiger partial charge in [-0.1, -0.05) is 6.92 Å². The van der Waals surface area contributed by atoms with Crippen molar-refractivity contribution in [3.8, 4) is 5.75 Å². The Balaban J connectivity index is 1.66. The van der Waals surface area contributed by atoms with E-state index in [-0.39, 0.29) is 11.9 Å². The highest BCUT2D eigenvalue weighted by atomic mass is 16.5. The number of aryl methyl sites for hydroxylation is 1. The molecule has 1 N–H and O–H groups in total. The van der Waals surface area contributed by atoms with Crippen molar-refractivity contribution in [1.82, 2.24) is 14.8 Å². The van der Waals surface area contributed by atoms with Gasteiger partial charge in [-0.05, 0) is 69.9 Å². The Morgan fingerprint density at radius 1 is 1.31 bits per heavy atom. The number of pyridine rings is 1. The van der Waals surface area contributed by atoms with Crippen molar-refractivity contribution < 1.29 is 9.53 Å². The van der Waals surface area contributed by atoms with E-state index in [0.29, 0.717) is 18.1 Å². The number of hydrogen-bond donors (Lipinski definition) is 1. The summed E-state index contributed by atoms with van der Waals surface area (Å²) in [5.74, 6) is 1.15. The molecule has 0 radical (unpaired) electrons. The summed E-state index contributed by atoms with van der Waals surface area (Å²) in [5.41, 5.74) is 4.17. The summed E-state index contributed by atoms with van der Waals surface area (Å²) in [4.78, 5) is 18.0. The molecule has 1 saturated carbocycles. The van der Waals surface area contributed by atoms with E-state index < -0.39 is 0 Å². The topological polar surface area (TPSA) is 69.0 Å². The zero-order valence-corrected chi connectivity index (χ0v) is 17.5. The fraction of sp³-hybridized carbons (Fsp3) is 0.435. The van der Waals surface area contributed by atoms with E-state index in [2.05, 4.69) is 31.2 Å². The van der Waals surface area contributed by atoms with Gasteiger partial charge in [0.25, 0.3) is 5.91 Å². The van der Waals surface area contributed by atoms with Crippen molar-refractivity contribution in [3.05, 3.63) is 47.3 Å². The third-order valence-corrected chi connectivity index (χ3v) is 5.23. The number of carbonyl (C=O) groups is 1. The minimum Gasteiger partial charge on any atom is -0.494 e. The van der Waals surface area contributed by atoms with Gasteiger partial charge in [-0.3, -0.25) is 4.79 Å². The molecule has 6 nitrogen and oxygen atoms in total. The first-order chi connectivity index (χ1) is 14.0. The summed E-state index contributed by atoms with van der Waals surface area (Å²) < 4.78 is 7.57. The van der Waals surface area contributed by atoms with Crippen LogP contribution in [0.15, 0.2) is 30.5 Å². The van der Waals surface area contributed by atoms with Crippen LogP contribution >= 0.6 is 0 Å². The van der Waals surface area contributed by atoms with Gasteiger partial charge in [-0.15, -0.1) is 0 Å². The van der Waals surface area contributed by atoms with E-state index in [9.17, 15) is 4.79 Å². The van der Waals surface area contributed by atoms with Gasteiger partial charge in [0, 0.05) is 23.3 Å². The van der Waals surface area contributed by atoms with Crippen LogP contribution in [0.3, 0.4) is 0 Å². The van der Waals surface area contributed by atoms with Crippen molar-refractivity contribution in [2.45, 2.75) is 58.9 Å². The van der Waals surface area contributed by atoms with E-state index in [1.54, 1.807) is 6.20 Å². The van der Waals surface area contributed by atoms with E-state index in [4.69, 9.17) is 9.72 Å². The molecule has 152 valence electrons. The quantitative estimate of drug-likeness (QED) is 0.597. The molecule has 2 heterocycles. The van der Waals surface area contributed by atoms with Gasteiger partial charge in [-0.2, -0.15) is 5.10 Å². The average Bonchev–Trinajstić information content (AvgIpc) is 3.46. The summed E-state index contributed by atoms with van der Waals surface area (Å²) in [5, 5.41) is 8.34. The van der Waals surface area contributed by atoms with Gasteiger partial charge >= 0.3 is 0 Å². The van der Waals surface area contributed by atoms with Gasteiger partial charge < -0.3 is 10.1 Å². The van der Waals surface area contributed by atoms with E-state index in [0.717, 1.165) is 53.0 Å². The molecule has 1 amide bonds. The third-order valence-electron chi connectivity index (χ3n) is 5.23. The number of nitrogens with one attached hydrogen (secondary N) is 1. The van der Waals surface area contributed by atoms with E-state index >= 15 is 0 Å². The largest absolute Gasteiger partial charge is 0.494 e. The molecule has 0 atom stereocenters. The van der Waals surface area contributed by atoms with Crippen LogP contribution in [0, 0.1) is 6.92 Å². The summed E-state index contributed by atoms with van der Waals surface area (Å²) in [6.07, 6.45) is 4.98. The van der Waals surface area contributed by atoms with Crippen LogP contribution in [-0.2, 0) is 0 Å². The number of anilines is 1. The molecule has 0 saturated heterocycles.